The molecular formula is C62H44N2. The maximum absolute atomic E-state index is 2.48. The third-order valence-corrected chi connectivity index (χ3v) is 14.4. The van der Waals surface area contributed by atoms with E-state index in [0.29, 0.717) is 0 Å². The predicted molar refractivity (Wildman–Crippen MR) is 267 cm³/mol. The van der Waals surface area contributed by atoms with E-state index >= 15 is 0 Å². The van der Waals surface area contributed by atoms with Gasteiger partial charge in [0, 0.05) is 39.1 Å². The Bertz CT molecular complexity index is 3430. The van der Waals surface area contributed by atoms with Crippen molar-refractivity contribution in [1.82, 2.24) is 0 Å². The second-order valence-electron chi connectivity index (χ2n) is 18.0. The highest BCUT2D eigenvalue weighted by molar-refractivity contribution is 6.14. The molecule has 1 aliphatic heterocycles. The first kappa shape index (κ1) is 36.7. The van der Waals surface area contributed by atoms with Crippen LogP contribution in [0.25, 0.3) is 44.2 Å². The van der Waals surface area contributed by atoms with E-state index in [-0.39, 0.29) is 5.41 Å². The molecule has 2 heteroatoms. The lowest BCUT2D eigenvalue weighted by molar-refractivity contribution is 0.660. The van der Waals surface area contributed by atoms with Crippen molar-refractivity contribution < 1.29 is 0 Å². The van der Waals surface area contributed by atoms with E-state index in [9.17, 15) is 0 Å². The Hall–Kier alpha value is -7.94. The van der Waals surface area contributed by atoms with Crippen LogP contribution < -0.4 is 9.80 Å². The van der Waals surface area contributed by atoms with Crippen molar-refractivity contribution in [1.29, 1.82) is 0 Å². The SMILES string of the molecule is CC1(C)c2cc(N(c3ccccc3)c3ccc4c(c3)C(c3ccccc3)(c3ccccc3)c3ccccc3-4)ccc2-c2ccc(N3c4ccccc4-c4cccc5cccc3c45)cc21. The maximum Gasteiger partial charge on any atom is 0.0714 e. The largest absolute Gasteiger partial charge is 0.310 e. The fourth-order valence-corrected chi connectivity index (χ4v) is 11.6. The zero-order valence-electron chi connectivity index (χ0n) is 35.8. The maximum atomic E-state index is 2.48. The Morgan fingerprint density at radius 3 is 1.55 bits per heavy atom. The predicted octanol–water partition coefficient (Wildman–Crippen LogP) is 16.4. The average Bonchev–Trinajstić information content (AvgIpc) is 3.77. The van der Waals surface area contributed by atoms with Crippen molar-refractivity contribution in [3.63, 3.8) is 0 Å². The number of rotatable bonds is 6. The van der Waals surface area contributed by atoms with E-state index in [2.05, 4.69) is 254 Å². The van der Waals surface area contributed by atoms with Crippen molar-refractivity contribution in [2.75, 3.05) is 9.80 Å². The van der Waals surface area contributed by atoms with Gasteiger partial charge in [0.05, 0.1) is 16.8 Å². The Kier molecular flexibility index (Phi) is 7.90. The summed E-state index contributed by atoms with van der Waals surface area (Å²) in [5.74, 6) is 0. The second-order valence-corrected chi connectivity index (χ2v) is 18.0. The van der Waals surface area contributed by atoms with Crippen LogP contribution in [0.4, 0.5) is 34.1 Å². The summed E-state index contributed by atoms with van der Waals surface area (Å²) in [7, 11) is 0. The number of para-hydroxylation sites is 2. The molecule has 2 nitrogen and oxygen atoms in total. The lowest BCUT2D eigenvalue weighted by Crippen LogP contribution is -2.28. The summed E-state index contributed by atoms with van der Waals surface area (Å²) in [6.07, 6.45) is 0. The number of nitrogens with zero attached hydrogens (tertiary/aromatic N) is 2. The van der Waals surface area contributed by atoms with E-state index < -0.39 is 5.41 Å². The second kappa shape index (κ2) is 13.8. The summed E-state index contributed by atoms with van der Waals surface area (Å²) in [5.41, 5.74) is 21.8. The van der Waals surface area contributed by atoms with Gasteiger partial charge < -0.3 is 9.80 Å². The van der Waals surface area contributed by atoms with E-state index in [1.807, 2.05) is 0 Å². The van der Waals surface area contributed by atoms with E-state index in [1.54, 1.807) is 0 Å². The summed E-state index contributed by atoms with van der Waals surface area (Å²) >= 11 is 0. The van der Waals surface area contributed by atoms with Crippen molar-refractivity contribution in [2.24, 2.45) is 0 Å². The summed E-state index contributed by atoms with van der Waals surface area (Å²) < 4.78 is 0. The molecule has 0 amide bonds. The number of hydrogen-bond donors (Lipinski definition) is 0. The van der Waals surface area contributed by atoms with Crippen LogP contribution in [0.3, 0.4) is 0 Å². The molecule has 2 aliphatic carbocycles. The van der Waals surface area contributed by atoms with E-state index in [4.69, 9.17) is 0 Å². The van der Waals surface area contributed by atoms with Gasteiger partial charge in [0.15, 0.2) is 0 Å². The minimum absolute atomic E-state index is 0.256. The molecule has 0 N–H and O–H groups in total. The average molecular weight is 817 g/mol. The zero-order valence-corrected chi connectivity index (χ0v) is 35.8. The minimum atomic E-state index is -0.492. The fourth-order valence-electron chi connectivity index (χ4n) is 11.6. The van der Waals surface area contributed by atoms with Gasteiger partial charge in [0.25, 0.3) is 0 Å². The fraction of sp³-hybridized carbons (Fsp3) is 0.0645. The molecule has 10 aromatic rings. The third kappa shape index (κ3) is 5.08. The van der Waals surface area contributed by atoms with Gasteiger partial charge in [-0.05, 0) is 127 Å². The molecular weight excluding hydrogens is 773 g/mol. The van der Waals surface area contributed by atoms with Gasteiger partial charge in [-0.25, -0.2) is 0 Å². The van der Waals surface area contributed by atoms with Gasteiger partial charge >= 0.3 is 0 Å². The molecule has 64 heavy (non-hydrogen) atoms. The summed E-state index contributed by atoms with van der Waals surface area (Å²) in [6, 6.07) is 85.7. The number of hydrogen-bond acceptors (Lipinski definition) is 2. The molecule has 0 saturated heterocycles. The Morgan fingerprint density at radius 1 is 0.344 bits per heavy atom. The molecule has 0 bridgehead atoms. The molecule has 0 spiro atoms. The van der Waals surface area contributed by atoms with Crippen LogP contribution in [0.15, 0.2) is 231 Å². The number of benzene rings is 10. The normalized spacial score (nSPS) is 14.3. The van der Waals surface area contributed by atoms with Crippen molar-refractivity contribution >= 4 is 44.9 Å². The first-order chi connectivity index (χ1) is 31.5. The van der Waals surface area contributed by atoms with Crippen molar-refractivity contribution in [2.45, 2.75) is 24.7 Å². The van der Waals surface area contributed by atoms with Gasteiger partial charge in [0.1, 0.15) is 0 Å². The van der Waals surface area contributed by atoms with Crippen molar-refractivity contribution in [3.05, 3.63) is 264 Å². The van der Waals surface area contributed by atoms with Gasteiger partial charge in [-0.15, -0.1) is 0 Å². The lowest BCUT2D eigenvalue weighted by atomic mass is 9.67. The molecule has 3 aliphatic rings. The van der Waals surface area contributed by atoms with Crippen LogP contribution in [0.5, 0.6) is 0 Å². The standard InChI is InChI=1S/C62H44N2/c1-61(2)55-38-45(32-35-49(55)50-36-34-47(39-56(50)61)64-58-30-15-13-27-52(58)53-28-16-18-41-19-17-31-59(64)60(41)53)63(44-24-10-5-11-25-44)46-33-37-51-48-26-12-14-29-54(48)62(57(51)40-46,42-20-6-3-7-21-42)43-22-8-4-9-23-43/h3-40H,1-2H3. The summed E-state index contributed by atoms with van der Waals surface area (Å²) in [5, 5.41) is 2.57. The Morgan fingerprint density at radius 2 is 0.844 bits per heavy atom. The van der Waals surface area contributed by atoms with Gasteiger partial charge in [-0.2, -0.15) is 0 Å². The molecule has 302 valence electrons. The van der Waals surface area contributed by atoms with Crippen LogP contribution in [-0.2, 0) is 10.8 Å². The smallest absolute Gasteiger partial charge is 0.0714 e. The molecule has 0 saturated carbocycles. The molecule has 13 rings (SSSR count). The van der Waals surface area contributed by atoms with Gasteiger partial charge in [-0.3, -0.25) is 0 Å². The molecule has 0 atom stereocenters. The monoisotopic (exact) mass is 816 g/mol. The highest BCUT2D eigenvalue weighted by atomic mass is 15.2. The lowest BCUT2D eigenvalue weighted by Gasteiger charge is -2.35. The zero-order chi connectivity index (χ0) is 42.6. The topological polar surface area (TPSA) is 6.48 Å². The first-order valence-electron chi connectivity index (χ1n) is 22.4. The molecule has 0 unspecified atom stereocenters. The van der Waals surface area contributed by atoms with Crippen LogP contribution >= 0.6 is 0 Å². The quantitative estimate of drug-likeness (QED) is 0.165. The Balaban J connectivity index is 0.963. The van der Waals surface area contributed by atoms with E-state index in [0.717, 1.165) is 17.1 Å². The van der Waals surface area contributed by atoms with Gasteiger partial charge in [-0.1, -0.05) is 184 Å². The van der Waals surface area contributed by atoms with Crippen LogP contribution in [-0.4, -0.2) is 0 Å². The third-order valence-electron chi connectivity index (χ3n) is 14.4. The highest BCUT2D eigenvalue weighted by Gasteiger charge is 2.46. The van der Waals surface area contributed by atoms with Crippen molar-refractivity contribution in [3.8, 4) is 33.4 Å². The van der Waals surface area contributed by atoms with E-state index in [1.165, 1.54) is 94.6 Å². The van der Waals surface area contributed by atoms with Crippen LogP contribution in [0.2, 0.25) is 0 Å². The number of fused-ring (bicyclic) bond motifs is 8. The molecule has 0 radical (unpaired) electrons. The molecule has 1 heterocycles. The Labute approximate surface area is 375 Å². The molecule has 0 fully saturated rings. The summed E-state index contributed by atoms with van der Waals surface area (Å²) in [6.45, 7) is 4.80. The highest BCUT2D eigenvalue weighted by Crippen LogP contribution is 2.59. The molecule has 0 aromatic heterocycles. The first-order valence-corrected chi connectivity index (χ1v) is 22.4. The van der Waals surface area contributed by atoms with Gasteiger partial charge in [0.2, 0.25) is 0 Å². The summed E-state index contributed by atoms with van der Waals surface area (Å²) in [4.78, 5) is 4.93. The molecule has 10 aromatic carbocycles. The van der Waals surface area contributed by atoms with Crippen LogP contribution in [0.1, 0.15) is 47.2 Å². The number of anilines is 6. The minimum Gasteiger partial charge on any atom is -0.310 e. The van der Waals surface area contributed by atoms with Crippen LogP contribution in [0, 0.1) is 0 Å².